The number of para-hydroxylation sites is 1. The highest BCUT2D eigenvalue weighted by atomic mass is 16.5. The van der Waals surface area contributed by atoms with E-state index >= 15 is 0 Å². The zero-order chi connectivity index (χ0) is 13.8. The number of rotatable bonds is 4. The van der Waals surface area contributed by atoms with Crippen LogP contribution in [-0.4, -0.2) is 67.9 Å². The Morgan fingerprint density at radius 2 is 2.05 bits per heavy atom. The van der Waals surface area contributed by atoms with Crippen LogP contribution in [0.25, 0.3) is 0 Å². The van der Waals surface area contributed by atoms with Crippen LogP contribution in [0.2, 0.25) is 0 Å². The summed E-state index contributed by atoms with van der Waals surface area (Å²) in [5, 5.41) is 10.5. The summed E-state index contributed by atoms with van der Waals surface area (Å²) < 4.78 is 5.35. The first-order valence-corrected chi connectivity index (χ1v) is 6.80. The summed E-state index contributed by atoms with van der Waals surface area (Å²) >= 11 is 0. The molecule has 0 aliphatic carbocycles. The van der Waals surface area contributed by atoms with E-state index in [1.165, 1.54) is 0 Å². The molecule has 19 heavy (non-hydrogen) atoms. The van der Waals surface area contributed by atoms with E-state index in [2.05, 4.69) is 23.9 Å². The van der Waals surface area contributed by atoms with E-state index in [0.717, 1.165) is 30.9 Å². The molecule has 1 aliphatic heterocycles. The fourth-order valence-electron chi connectivity index (χ4n) is 2.69. The van der Waals surface area contributed by atoms with Gasteiger partial charge in [-0.3, -0.25) is 4.90 Å². The topological polar surface area (TPSA) is 35.9 Å². The minimum Gasteiger partial charge on any atom is -0.496 e. The number of hydrogen-bond donors (Lipinski definition) is 1. The lowest BCUT2D eigenvalue weighted by Gasteiger charge is -2.40. The number of piperazine rings is 1. The number of methoxy groups -OCH3 is 1. The van der Waals surface area contributed by atoms with Gasteiger partial charge in [-0.25, -0.2) is 0 Å². The fourth-order valence-corrected chi connectivity index (χ4v) is 2.69. The first-order chi connectivity index (χ1) is 9.11. The molecule has 0 bridgehead atoms. The normalized spacial score (nSPS) is 23.3. The summed E-state index contributed by atoms with van der Waals surface area (Å²) in [4.78, 5) is 4.52. The molecule has 0 spiro atoms. The van der Waals surface area contributed by atoms with Crippen LogP contribution in [0.4, 0.5) is 0 Å². The Kier molecular flexibility index (Phi) is 4.80. The molecule has 0 amide bonds. The van der Waals surface area contributed by atoms with Crippen molar-refractivity contribution in [3.8, 4) is 5.75 Å². The van der Waals surface area contributed by atoms with E-state index in [4.69, 9.17) is 4.74 Å². The van der Waals surface area contributed by atoms with E-state index in [1.54, 1.807) is 7.11 Å². The monoisotopic (exact) mass is 264 g/mol. The Morgan fingerprint density at radius 3 is 2.79 bits per heavy atom. The van der Waals surface area contributed by atoms with Gasteiger partial charge < -0.3 is 14.7 Å². The van der Waals surface area contributed by atoms with Gasteiger partial charge in [-0.2, -0.15) is 0 Å². The highest BCUT2D eigenvalue weighted by Gasteiger charge is 2.29. The number of benzene rings is 1. The van der Waals surface area contributed by atoms with Gasteiger partial charge >= 0.3 is 0 Å². The average Bonchev–Trinajstić information content (AvgIpc) is 2.42. The van der Waals surface area contributed by atoms with E-state index in [1.807, 2.05) is 24.3 Å². The summed E-state index contributed by atoms with van der Waals surface area (Å²) in [7, 11) is 5.87. The Bertz CT molecular complexity index is 411. The van der Waals surface area contributed by atoms with Crippen LogP contribution in [0.3, 0.4) is 0 Å². The quantitative estimate of drug-likeness (QED) is 0.874. The summed E-state index contributed by atoms with van der Waals surface area (Å²) in [6, 6.07) is 8.09. The van der Waals surface area contributed by atoms with Gasteiger partial charge in [-0.1, -0.05) is 18.2 Å². The molecule has 1 N–H and O–H groups in total. The highest BCUT2D eigenvalue weighted by molar-refractivity contribution is 5.33. The molecule has 2 unspecified atom stereocenters. The van der Waals surface area contributed by atoms with E-state index < -0.39 is 0 Å². The molecule has 2 rings (SSSR count). The number of likely N-dealkylation sites (N-methyl/N-ethyl adjacent to an activating group) is 2. The molecule has 1 aromatic carbocycles. The van der Waals surface area contributed by atoms with Crippen LogP contribution < -0.4 is 4.74 Å². The lowest BCUT2D eigenvalue weighted by molar-refractivity contribution is 0.0150. The van der Waals surface area contributed by atoms with Gasteiger partial charge in [-0.15, -0.1) is 0 Å². The molecule has 106 valence electrons. The Hall–Kier alpha value is -1.10. The Morgan fingerprint density at radius 1 is 1.32 bits per heavy atom. The maximum absolute atomic E-state index is 10.5. The van der Waals surface area contributed by atoms with Crippen molar-refractivity contribution < 1.29 is 9.84 Å². The third kappa shape index (κ3) is 3.47. The third-order valence-electron chi connectivity index (χ3n) is 3.97. The van der Waals surface area contributed by atoms with Crippen LogP contribution in [-0.2, 0) is 6.42 Å². The molecule has 1 aliphatic rings. The van der Waals surface area contributed by atoms with E-state index in [-0.39, 0.29) is 12.1 Å². The lowest BCUT2D eigenvalue weighted by Crippen LogP contribution is -2.55. The standard InChI is InChI=1S/C15H24N2O2/c1-16-8-9-17(2)13(11-16)14(18)10-12-6-4-5-7-15(12)19-3/h4-7,13-14,18H,8-11H2,1-3H3. The van der Waals surface area contributed by atoms with Gasteiger partial charge in [0.1, 0.15) is 5.75 Å². The number of aliphatic hydroxyl groups is 1. The minimum absolute atomic E-state index is 0.184. The number of nitrogens with zero attached hydrogens (tertiary/aromatic N) is 2. The van der Waals surface area contributed by atoms with Gasteiger partial charge in [0, 0.05) is 32.1 Å². The van der Waals surface area contributed by atoms with Crippen LogP contribution in [0.15, 0.2) is 24.3 Å². The van der Waals surface area contributed by atoms with Gasteiger partial charge in [0.2, 0.25) is 0 Å². The van der Waals surface area contributed by atoms with Crippen molar-refractivity contribution in [3.05, 3.63) is 29.8 Å². The molecule has 0 radical (unpaired) electrons. The summed E-state index contributed by atoms with van der Waals surface area (Å²) in [5.41, 5.74) is 1.07. The molecule has 1 aromatic rings. The molecule has 0 saturated carbocycles. The lowest BCUT2D eigenvalue weighted by atomic mass is 9.98. The molecule has 1 fully saturated rings. The summed E-state index contributed by atoms with van der Waals surface area (Å²) in [6.45, 7) is 2.98. The predicted octanol–water partition coefficient (Wildman–Crippen LogP) is 0.844. The van der Waals surface area contributed by atoms with Gasteiger partial charge in [-0.05, 0) is 25.7 Å². The van der Waals surface area contributed by atoms with E-state index in [9.17, 15) is 5.11 Å². The van der Waals surface area contributed by atoms with Crippen LogP contribution in [0.1, 0.15) is 5.56 Å². The van der Waals surface area contributed by atoms with Crippen molar-refractivity contribution >= 4 is 0 Å². The molecule has 1 heterocycles. The van der Waals surface area contributed by atoms with Crippen LogP contribution in [0, 0.1) is 0 Å². The molecular weight excluding hydrogens is 240 g/mol. The second-order valence-electron chi connectivity index (χ2n) is 5.39. The zero-order valence-corrected chi connectivity index (χ0v) is 12.0. The van der Waals surface area contributed by atoms with Gasteiger partial charge in [0.15, 0.2) is 0 Å². The molecular formula is C15H24N2O2. The predicted molar refractivity (Wildman–Crippen MR) is 76.6 cm³/mol. The molecule has 4 heteroatoms. The van der Waals surface area contributed by atoms with Crippen molar-refractivity contribution in [1.29, 1.82) is 0 Å². The zero-order valence-electron chi connectivity index (χ0n) is 12.0. The smallest absolute Gasteiger partial charge is 0.122 e. The first kappa shape index (κ1) is 14.3. The molecule has 4 nitrogen and oxygen atoms in total. The van der Waals surface area contributed by atoms with Crippen LogP contribution in [0.5, 0.6) is 5.75 Å². The molecule has 1 saturated heterocycles. The van der Waals surface area contributed by atoms with Gasteiger partial charge in [0.25, 0.3) is 0 Å². The number of hydrogen-bond acceptors (Lipinski definition) is 4. The van der Waals surface area contributed by atoms with Gasteiger partial charge in [0.05, 0.1) is 13.2 Å². The summed E-state index contributed by atoms with van der Waals surface area (Å²) in [5.74, 6) is 0.855. The largest absolute Gasteiger partial charge is 0.496 e. The number of aliphatic hydroxyl groups excluding tert-OH is 1. The van der Waals surface area contributed by atoms with Crippen molar-refractivity contribution in [3.63, 3.8) is 0 Å². The highest BCUT2D eigenvalue weighted by Crippen LogP contribution is 2.21. The maximum atomic E-state index is 10.5. The maximum Gasteiger partial charge on any atom is 0.122 e. The number of ether oxygens (including phenoxy) is 1. The minimum atomic E-state index is -0.371. The van der Waals surface area contributed by atoms with Crippen molar-refractivity contribution in [2.45, 2.75) is 18.6 Å². The fraction of sp³-hybridized carbons (Fsp3) is 0.600. The second kappa shape index (κ2) is 6.37. The third-order valence-corrected chi connectivity index (χ3v) is 3.97. The van der Waals surface area contributed by atoms with Crippen molar-refractivity contribution in [2.24, 2.45) is 0 Å². The first-order valence-electron chi connectivity index (χ1n) is 6.80. The van der Waals surface area contributed by atoms with Crippen molar-refractivity contribution in [2.75, 3.05) is 40.8 Å². The molecule has 0 aromatic heterocycles. The molecule has 2 atom stereocenters. The van der Waals surface area contributed by atoms with Crippen LogP contribution >= 0.6 is 0 Å². The Labute approximate surface area is 115 Å². The SMILES string of the molecule is COc1ccccc1CC(O)C1CN(C)CCN1C. The second-order valence-corrected chi connectivity index (χ2v) is 5.39. The Balaban J connectivity index is 2.05. The summed E-state index contributed by atoms with van der Waals surface area (Å²) in [6.07, 6.45) is 0.261. The van der Waals surface area contributed by atoms with E-state index in [0.29, 0.717) is 6.42 Å². The average molecular weight is 264 g/mol. The van der Waals surface area contributed by atoms with Crippen molar-refractivity contribution in [1.82, 2.24) is 9.80 Å².